The minimum atomic E-state index is -0.0818. The van der Waals surface area contributed by atoms with Crippen molar-refractivity contribution in [1.82, 2.24) is 24.4 Å². The van der Waals surface area contributed by atoms with Crippen LogP contribution < -0.4 is 15.1 Å². The van der Waals surface area contributed by atoms with Crippen LogP contribution in [0.3, 0.4) is 0 Å². The molecule has 2 aliphatic rings. The van der Waals surface area contributed by atoms with E-state index in [1.54, 1.807) is 0 Å². The van der Waals surface area contributed by atoms with Crippen molar-refractivity contribution in [2.24, 2.45) is 0 Å². The number of nitrogens with one attached hydrogen (secondary N) is 1. The molecule has 0 spiro atoms. The molecule has 1 unspecified atom stereocenters. The van der Waals surface area contributed by atoms with Crippen molar-refractivity contribution in [1.29, 1.82) is 0 Å². The number of likely N-dealkylation sites (N-methyl/N-ethyl adjacent to an activating group) is 1. The number of ether oxygens (including phenoxy) is 1. The number of aromatic nitrogens is 4. The van der Waals surface area contributed by atoms with Gasteiger partial charge < -0.3 is 24.8 Å². The lowest BCUT2D eigenvalue weighted by Gasteiger charge is -2.34. The van der Waals surface area contributed by atoms with Crippen LogP contribution in [0.25, 0.3) is 11.2 Å². The average molecular weight is 589 g/mol. The molecule has 0 saturated carbocycles. The molecule has 2 aliphatic heterocycles. The fraction of sp³-hybridized carbons (Fsp3) is 0.343. The average Bonchev–Trinajstić information content (AvgIpc) is 3.50. The summed E-state index contributed by atoms with van der Waals surface area (Å²) < 4.78 is 8.28. The fourth-order valence-electron chi connectivity index (χ4n) is 6.12. The second-order valence-electron chi connectivity index (χ2n) is 11.8. The van der Waals surface area contributed by atoms with Gasteiger partial charge in [0, 0.05) is 57.3 Å². The Kier molecular flexibility index (Phi) is 8.39. The number of fused-ring (bicyclic) bond motifs is 1. The van der Waals surface area contributed by atoms with E-state index in [-0.39, 0.29) is 6.23 Å². The quantitative estimate of drug-likeness (QED) is 0.217. The summed E-state index contributed by atoms with van der Waals surface area (Å²) in [5.41, 5.74) is 6.15. The molecule has 1 atom stereocenters. The topological polar surface area (TPSA) is 74.6 Å². The van der Waals surface area contributed by atoms with Crippen LogP contribution in [0.1, 0.15) is 36.6 Å². The fourth-order valence-corrected chi connectivity index (χ4v) is 6.12. The van der Waals surface area contributed by atoms with Gasteiger partial charge in [0.2, 0.25) is 5.95 Å². The monoisotopic (exact) mass is 588 g/mol. The van der Waals surface area contributed by atoms with Crippen molar-refractivity contribution in [3.63, 3.8) is 0 Å². The summed E-state index contributed by atoms with van der Waals surface area (Å²) >= 11 is 0. The highest BCUT2D eigenvalue weighted by Gasteiger charge is 2.24. The molecule has 2 aromatic heterocycles. The molecular weight excluding hydrogens is 548 g/mol. The molecule has 0 radical (unpaired) electrons. The van der Waals surface area contributed by atoms with Gasteiger partial charge in [-0.2, -0.15) is 9.97 Å². The van der Waals surface area contributed by atoms with Gasteiger partial charge in [-0.05, 0) is 55.6 Å². The van der Waals surface area contributed by atoms with Crippen LogP contribution >= 0.6 is 0 Å². The molecule has 0 amide bonds. The summed E-state index contributed by atoms with van der Waals surface area (Å²) in [5.74, 6) is 1.35. The van der Waals surface area contributed by atoms with Gasteiger partial charge in [-0.1, -0.05) is 66.7 Å². The van der Waals surface area contributed by atoms with Crippen molar-refractivity contribution in [2.45, 2.75) is 38.6 Å². The van der Waals surface area contributed by atoms with Crippen LogP contribution in [-0.2, 0) is 17.8 Å². The van der Waals surface area contributed by atoms with Crippen molar-refractivity contribution in [3.8, 4) is 0 Å². The zero-order chi connectivity index (χ0) is 29.7. The molecule has 2 saturated heterocycles. The SMILES string of the molecule is CN1CCN(c2cccc(Nc3nc(N(Cc4ccccc4)Cc4ccccc4)c4ncn(C5CCCCO5)c4n3)c2)CC1. The normalized spacial score (nSPS) is 17.6. The molecule has 9 nitrogen and oxygen atoms in total. The van der Waals surface area contributed by atoms with E-state index >= 15 is 0 Å². The Morgan fingerprint density at radius 2 is 1.57 bits per heavy atom. The van der Waals surface area contributed by atoms with Crippen molar-refractivity contribution in [2.75, 3.05) is 55.0 Å². The van der Waals surface area contributed by atoms with E-state index in [0.717, 1.165) is 74.7 Å². The first-order valence-corrected chi connectivity index (χ1v) is 15.7. The molecule has 226 valence electrons. The Hall–Kier alpha value is -4.47. The number of piperazine rings is 1. The largest absolute Gasteiger partial charge is 0.369 e. The summed E-state index contributed by atoms with van der Waals surface area (Å²) in [6.45, 7) is 6.28. The van der Waals surface area contributed by atoms with Crippen LogP contribution in [-0.4, -0.2) is 64.3 Å². The number of imidazole rings is 1. The predicted molar refractivity (Wildman–Crippen MR) is 176 cm³/mol. The second-order valence-corrected chi connectivity index (χ2v) is 11.8. The minimum Gasteiger partial charge on any atom is -0.369 e. The molecule has 5 aromatic rings. The molecule has 2 fully saturated rings. The number of benzene rings is 3. The molecule has 0 bridgehead atoms. The van der Waals surface area contributed by atoms with Gasteiger partial charge in [-0.15, -0.1) is 0 Å². The first-order chi connectivity index (χ1) is 21.7. The lowest BCUT2D eigenvalue weighted by molar-refractivity contribution is -0.0298. The zero-order valence-electron chi connectivity index (χ0n) is 25.3. The van der Waals surface area contributed by atoms with E-state index in [1.165, 1.54) is 16.8 Å². The molecule has 0 aliphatic carbocycles. The number of hydrogen-bond donors (Lipinski definition) is 1. The number of rotatable bonds is 9. The van der Waals surface area contributed by atoms with Gasteiger partial charge in [0.1, 0.15) is 6.23 Å². The Balaban J connectivity index is 1.29. The van der Waals surface area contributed by atoms with Gasteiger partial charge >= 0.3 is 0 Å². The van der Waals surface area contributed by atoms with Crippen molar-refractivity contribution >= 4 is 34.3 Å². The molecule has 44 heavy (non-hydrogen) atoms. The van der Waals surface area contributed by atoms with Crippen LogP contribution in [0.4, 0.5) is 23.1 Å². The first-order valence-electron chi connectivity index (χ1n) is 15.7. The predicted octanol–water partition coefficient (Wildman–Crippen LogP) is 6.23. The number of hydrogen-bond acceptors (Lipinski definition) is 8. The third-order valence-electron chi connectivity index (χ3n) is 8.57. The maximum Gasteiger partial charge on any atom is 0.231 e. The molecule has 4 heterocycles. The number of nitrogens with zero attached hydrogens (tertiary/aromatic N) is 7. The van der Waals surface area contributed by atoms with E-state index < -0.39 is 0 Å². The summed E-state index contributed by atoms with van der Waals surface area (Å²) in [6.07, 6.45) is 4.95. The molecule has 7 rings (SSSR count). The van der Waals surface area contributed by atoms with E-state index in [1.807, 2.05) is 6.33 Å². The smallest absolute Gasteiger partial charge is 0.231 e. The highest BCUT2D eigenvalue weighted by atomic mass is 16.5. The Labute approximate surface area is 259 Å². The Bertz CT molecular complexity index is 1620. The third kappa shape index (κ3) is 6.39. The van der Waals surface area contributed by atoms with Gasteiger partial charge in [0.05, 0.1) is 6.33 Å². The van der Waals surface area contributed by atoms with E-state index in [2.05, 4.69) is 117 Å². The maximum atomic E-state index is 6.19. The highest BCUT2D eigenvalue weighted by molar-refractivity contribution is 5.85. The van der Waals surface area contributed by atoms with Gasteiger partial charge in [-0.3, -0.25) is 4.57 Å². The van der Waals surface area contributed by atoms with E-state index in [9.17, 15) is 0 Å². The molecule has 1 N–H and O–H groups in total. The summed E-state index contributed by atoms with van der Waals surface area (Å²) in [5, 5.41) is 3.56. The summed E-state index contributed by atoms with van der Waals surface area (Å²) in [6, 6.07) is 29.7. The standard InChI is InChI=1S/C35H40N8O/c1-40-18-20-41(21-19-40)30-16-10-15-29(23-30)37-35-38-33(32-34(39-35)43(26-36-32)31-17-8-9-22-44-31)42(24-27-11-4-2-5-12-27)25-28-13-6-3-7-14-28/h2-7,10-16,23,26,31H,8-9,17-22,24-25H2,1H3,(H,37,38,39). The van der Waals surface area contributed by atoms with E-state index in [4.69, 9.17) is 19.7 Å². The first kappa shape index (κ1) is 28.3. The third-order valence-corrected chi connectivity index (χ3v) is 8.57. The molecule has 9 heteroatoms. The number of anilines is 4. The molecular formula is C35H40N8O. The van der Waals surface area contributed by atoms with Crippen molar-refractivity contribution < 1.29 is 4.74 Å². The minimum absolute atomic E-state index is 0.0818. The van der Waals surface area contributed by atoms with Crippen LogP contribution in [0.15, 0.2) is 91.3 Å². The van der Waals surface area contributed by atoms with Crippen molar-refractivity contribution in [3.05, 3.63) is 102 Å². The van der Waals surface area contributed by atoms with Crippen LogP contribution in [0, 0.1) is 0 Å². The summed E-state index contributed by atoms with van der Waals surface area (Å²) in [7, 11) is 2.18. The van der Waals surface area contributed by atoms with Gasteiger partial charge in [0.15, 0.2) is 17.0 Å². The highest BCUT2D eigenvalue weighted by Crippen LogP contribution is 2.32. The van der Waals surface area contributed by atoms with Gasteiger partial charge in [-0.25, -0.2) is 4.98 Å². The Morgan fingerprint density at radius 3 is 2.25 bits per heavy atom. The van der Waals surface area contributed by atoms with E-state index in [0.29, 0.717) is 19.0 Å². The zero-order valence-corrected chi connectivity index (χ0v) is 25.3. The van der Waals surface area contributed by atoms with Crippen LogP contribution in [0.2, 0.25) is 0 Å². The maximum absolute atomic E-state index is 6.19. The Morgan fingerprint density at radius 1 is 0.841 bits per heavy atom. The lowest BCUT2D eigenvalue weighted by Crippen LogP contribution is -2.44. The summed E-state index contributed by atoms with van der Waals surface area (Å²) in [4.78, 5) is 22.3. The molecule has 3 aromatic carbocycles. The van der Waals surface area contributed by atoms with Gasteiger partial charge in [0.25, 0.3) is 0 Å². The lowest BCUT2D eigenvalue weighted by atomic mass is 10.1. The second kappa shape index (κ2) is 13.0. The van der Waals surface area contributed by atoms with Crippen LogP contribution in [0.5, 0.6) is 0 Å².